The number of nitrogens with zero attached hydrogens (tertiary/aromatic N) is 1. The van der Waals surface area contributed by atoms with Crippen LogP contribution in [0.1, 0.15) is 28.9 Å². The van der Waals surface area contributed by atoms with Crippen molar-refractivity contribution in [2.75, 3.05) is 0 Å². The van der Waals surface area contributed by atoms with Crippen LogP contribution in [-0.2, 0) is 0 Å². The van der Waals surface area contributed by atoms with Gasteiger partial charge in [0.15, 0.2) is 0 Å². The Hall–Kier alpha value is -2.48. The fourth-order valence-electron chi connectivity index (χ4n) is 2.06. The summed E-state index contributed by atoms with van der Waals surface area (Å²) in [7, 11) is 0. The highest BCUT2D eigenvalue weighted by Crippen LogP contribution is 2.25. The van der Waals surface area contributed by atoms with E-state index in [-0.39, 0.29) is 11.6 Å². The fraction of sp³-hybridized carbons (Fsp3) is 0.188. The summed E-state index contributed by atoms with van der Waals surface area (Å²) < 4.78 is 24.5. The lowest BCUT2D eigenvalue weighted by molar-refractivity contribution is -0.384. The van der Waals surface area contributed by atoms with Crippen LogP contribution in [0.15, 0.2) is 53.4 Å². The largest absolute Gasteiger partial charge is 0.346 e. The molecule has 0 bridgehead atoms. The summed E-state index contributed by atoms with van der Waals surface area (Å²) in [6.07, 6.45) is 0. The van der Waals surface area contributed by atoms with Crippen molar-refractivity contribution in [2.24, 2.45) is 0 Å². The average Bonchev–Trinajstić information content (AvgIpc) is 2.55. The Morgan fingerprint density at radius 3 is 2.46 bits per heavy atom. The predicted octanol–water partition coefficient (Wildman–Crippen LogP) is 4.40. The molecule has 1 unspecified atom stereocenters. The van der Waals surface area contributed by atoms with Crippen molar-refractivity contribution in [1.82, 2.24) is 5.32 Å². The van der Waals surface area contributed by atoms with E-state index in [1.807, 2.05) is 0 Å². The van der Waals surface area contributed by atoms with Crippen molar-refractivity contribution in [3.63, 3.8) is 0 Å². The number of rotatable bonds is 6. The van der Waals surface area contributed by atoms with E-state index >= 15 is 0 Å². The molecule has 8 heteroatoms. The van der Waals surface area contributed by atoms with Gasteiger partial charge in [0.2, 0.25) is 0 Å². The second kappa shape index (κ2) is 7.87. The third-order valence-electron chi connectivity index (χ3n) is 3.27. The Balaban J connectivity index is 2.05. The molecular formula is C16H14F2N2O3S. The molecule has 2 aromatic rings. The first-order valence-corrected chi connectivity index (χ1v) is 7.85. The maximum atomic E-state index is 12.3. The van der Waals surface area contributed by atoms with E-state index in [1.54, 1.807) is 19.1 Å². The van der Waals surface area contributed by atoms with Crippen molar-refractivity contribution in [3.05, 3.63) is 69.8 Å². The minimum absolute atomic E-state index is 0.0537. The molecule has 1 amide bonds. The minimum atomic E-state index is -2.52. The minimum Gasteiger partial charge on any atom is -0.346 e. The number of hydrogen-bond acceptors (Lipinski definition) is 4. The van der Waals surface area contributed by atoms with E-state index in [9.17, 15) is 23.7 Å². The number of nitro benzene ring substituents is 1. The topological polar surface area (TPSA) is 72.2 Å². The smallest absolute Gasteiger partial charge is 0.288 e. The molecule has 2 rings (SSSR count). The molecule has 126 valence electrons. The Morgan fingerprint density at radius 1 is 1.21 bits per heavy atom. The predicted molar refractivity (Wildman–Crippen MR) is 87.3 cm³/mol. The van der Waals surface area contributed by atoms with Crippen LogP contribution in [-0.4, -0.2) is 16.6 Å². The van der Waals surface area contributed by atoms with Crippen LogP contribution in [0.4, 0.5) is 14.5 Å². The average molecular weight is 352 g/mol. The highest BCUT2D eigenvalue weighted by Gasteiger charge is 2.14. The van der Waals surface area contributed by atoms with E-state index in [1.165, 1.54) is 36.4 Å². The standard InChI is InChI=1S/C16H14F2N2O3S/c1-10(12-3-2-4-13(9-12)20(22)23)19-15(21)11-5-7-14(8-6-11)24-16(17)18/h2-10,16H,1H3,(H,19,21). The van der Waals surface area contributed by atoms with Gasteiger partial charge in [0.25, 0.3) is 17.4 Å². The quantitative estimate of drug-likeness (QED) is 0.475. The lowest BCUT2D eigenvalue weighted by Crippen LogP contribution is -2.26. The third-order valence-corrected chi connectivity index (χ3v) is 3.99. The van der Waals surface area contributed by atoms with Gasteiger partial charge in [0.1, 0.15) is 0 Å². The number of carbonyl (C=O) groups excluding carboxylic acids is 1. The number of carbonyl (C=O) groups is 1. The number of thioether (sulfide) groups is 1. The second-order valence-electron chi connectivity index (χ2n) is 4.95. The zero-order valence-corrected chi connectivity index (χ0v) is 13.4. The van der Waals surface area contributed by atoms with Crippen LogP contribution in [0.3, 0.4) is 0 Å². The number of amides is 1. The third kappa shape index (κ3) is 4.76. The first kappa shape index (κ1) is 17.9. The second-order valence-corrected chi connectivity index (χ2v) is 6.01. The molecule has 0 fully saturated rings. The number of non-ortho nitro benzene ring substituents is 1. The van der Waals surface area contributed by atoms with E-state index < -0.39 is 16.7 Å². The molecule has 0 aromatic heterocycles. The molecule has 0 saturated carbocycles. The summed E-state index contributed by atoms with van der Waals surface area (Å²) in [4.78, 5) is 22.8. The van der Waals surface area contributed by atoms with Crippen molar-refractivity contribution in [1.29, 1.82) is 0 Å². The van der Waals surface area contributed by atoms with Crippen molar-refractivity contribution >= 4 is 23.4 Å². The van der Waals surface area contributed by atoms with Gasteiger partial charge in [0, 0.05) is 22.6 Å². The van der Waals surface area contributed by atoms with Gasteiger partial charge in [-0.2, -0.15) is 8.78 Å². The lowest BCUT2D eigenvalue weighted by atomic mass is 10.1. The highest BCUT2D eigenvalue weighted by atomic mass is 32.2. The van der Waals surface area contributed by atoms with Crippen LogP contribution in [0, 0.1) is 10.1 Å². The summed E-state index contributed by atoms with van der Waals surface area (Å²) in [5.41, 5.74) is 0.871. The SMILES string of the molecule is CC(NC(=O)c1ccc(SC(F)F)cc1)c1cccc([N+](=O)[O-])c1. The molecule has 5 nitrogen and oxygen atoms in total. The Kier molecular flexibility index (Phi) is 5.86. The van der Waals surface area contributed by atoms with Gasteiger partial charge < -0.3 is 5.32 Å². The zero-order valence-electron chi connectivity index (χ0n) is 12.6. The Bertz CT molecular complexity index is 738. The van der Waals surface area contributed by atoms with Crippen LogP contribution >= 0.6 is 11.8 Å². The number of alkyl halides is 2. The molecule has 0 aliphatic carbocycles. The molecule has 0 radical (unpaired) electrons. The Morgan fingerprint density at radius 2 is 1.88 bits per heavy atom. The molecule has 24 heavy (non-hydrogen) atoms. The molecule has 0 aliphatic heterocycles. The van der Waals surface area contributed by atoms with Gasteiger partial charge in [-0.25, -0.2) is 0 Å². The van der Waals surface area contributed by atoms with E-state index in [0.29, 0.717) is 27.8 Å². The molecule has 1 atom stereocenters. The molecular weight excluding hydrogens is 338 g/mol. The maximum absolute atomic E-state index is 12.3. The number of halogens is 2. The first-order chi connectivity index (χ1) is 11.4. The van der Waals surface area contributed by atoms with E-state index in [4.69, 9.17) is 0 Å². The summed E-state index contributed by atoms with van der Waals surface area (Å²) in [5.74, 6) is -2.90. The summed E-state index contributed by atoms with van der Waals surface area (Å²) >= 11 is 0.405. The number of nitrogens with one attached hydrogen (secondary N) is 1. The van der Waals surface area contributed by atoms with Crippen LogP contribution in [0.25, 0.3) is 0 Å². The van der Waals surface area contributed by atoms with Crippen molar-refractivity contribution in [2.45, 2.75) is 23.6 Å². The zero-order chi connectivity index (χ0) is 17.7. The monoisotopic (exact) mass is 352 g/mol. The van der Waals surface area contributed by atoms with Crippen LogP contribution in [0.5, 0.6) is 0 Å². The normalized spacial score (nSPS) is 12.0. The van der Waals surface area contributed by atoms with Crippen LogP contribution < -0.4 is 5.32 Å². The summed E-state index contributed by atoms with van der Waals surface area (Å²) in [6, 6.07) is 11.4. The fourth-order valence-corrected chi connectivity index (χ4v) is 2.56. The number of nitro groups is 1. The molecule has 1 N–H and O–H groups in total. The van der Waals surface area contributed by atoms with Gasteiger partial charge >= 0.3 is 0 Å². The lowest BCUT2D eigenvalue weighted by Gasteiger charge is -2.14. The first-order valence-electron chi connectivity index (χ1n) is 6.97. The molecule has 0 spiro atoms. The van der Waals surface area contributed by atoms with E-state index in [2.05, 4.69) is 5.32 Å². The van der Waals surface area contributed by atoms with Crippen molar-refractivity contribution in [3.8, 4) is 0 Å². The van der Waals surface area contributed by atoms with Gasteiger partial charge in [-0.1, -0.05) is 23.9 Å². The number of hydrogen-bond donors (Lipinski definition) is 1. The van der Waals surface area contributed by atoms with Gasteiger partial charge in [0.05, 0.1) is 11.0 Å². The van der Waals surface area contributed by atoms with E-state index in [0.717, 1.165) is 0 Å². The molecule has 0 heterocycles. The Labute approximate surface area is 141 Å². The van der Waals surface area contributed by atoms with Gasteiger partial charge in [-0.05, 0) is 36.8 Å². The molecule has 0 aliphatic rings. The molecule has 2 aromatic carbocycles. The number of benzene rings is 2. The van der Waals surface area contributed by atoms with Gasteiger partial charge in [-0.3, -0.25) is 14.9 Å². The highest BCUT2D eigenvalue weighted by molar-refractivity contribution is 7.99. The molecule has 0 saturated heterocycles. The summed E-state index contributed by atoms with van der Waals surface area (Å²) in [5, 5.41) is 13.5. The van der Waals surface area contributed by atoms with Crippen LogP contribution in [0.2, 0.25) is 0 Å². The maximum Gasteiger partial charge on any atom is 0.288 e. The van der Waals surface area contributed by atoms with Crippen molar-refractivity contribution < 1.29 is 18.5 Å². The summed E-state index contributed by atoms with van der Waals surface area (Å²) in [6.45, 7) is 1.71. The van der Waals surface area contributed by atoms with Gasteiger partial charge in [-0.15, -0.1) is 0 Å².